The molecule has 1 aromatic heterocycles. The third-order valence-corrected chi connectivity index (χ3v) is 13.2. The Kier molecular flexibility index (Phi) is 11.0. The summed E-state index contributed by atoms with van der Waals surface area (Å²) in [4.78, 5) is 45.9. The van der Waals surface area contributed by atoms with Gasteiger partial charge in [-0.15, -0.1) is 0 Å². The van der Waals surface area contributed by atoms with Crippen LogP contribution in [0.1, 0.15) is 82.3 Å². The third kappa shape index (κ3) is 8.26. The number of amides is 3. The maximum absolute atomic E-state index is 14.6. The minimum atomic E-state index is -0.626. The lowest BCUT2D eigenvalue weighted by Gasteiger charge is -2.49. The van der Waals surface area contributed by atoms with Gasteiger partial charge in [-0.05, 0) is 106 Å². The summed E-state index contributed by atoms with van der Waals surface area (Å²) in [7, 11) is 0. The average molecular weight is 770 g/mol. The summed E-state index contributed by atoms with van der Waals surface area (Å²) >= 11 is 0. The second kappa shape index (κ2) is 16.3. The van der Waals surface area contributed by atoms with Crippen LogP contribution in [0.4, 0.5) is 11.4 Å². The SMILES string of the molecule is CC1(C)CC(NC(=O)C2(c3ccccc3)CCN(c3cnnc(-c4ccccc4O)c3)CC2)CCN1CC1CCN(c2ccc([C@H]3CCC(=O)NC3=O)cc2)CC1. The van der Waals surface area contributed by atoms with Gasteiger partial charge in [-0.3, -0.25) is 24.6 Å². The number of phenols is 1. The number of carbonyl (C=O) groups is 3. The van der Waals surface area contributed by atoms with Crippen molar-refractivity contribution in [3.8, 4) is 17.0 Å². The van der Waals surface area contributed by atoms with Crippen LogP contribution in [0, 0.1) is 5.92 Å². The Balaban J connectivity index is 0.857. The van der Waals surface area contributed by atoms with E-state index >= 15 is 0 Å². The summed E-state index contributed by atoms with van der Waals surface area (Å²) in [5.74, 6) is 0.289. The quantitative estimate of drug-likeness (QED) is 0.171. The highest BCUT2D eigenvalue weighted by atomic mass is 16.3. The van der Waals surface area contributed by atoms with Crippen molar-refractivity contribution in [3.63, 3.8) is 0 Å². The first-order valence-corrected chi connectivity index (χ1v) is 20.7. The molecule has 4 aromatic rings. The summed E-state index contributed by atoms with van der Waals surface area (Å²) in [5.41, 5.74) is 4.77. The lowest BCUT2D eigenvalue weighted by atomic mass is 9.71. The number of aromatic hydroxyl groups is 1. The largest absolute Gasteiger partial charge is 0.507 e. The minimum Gasteiger partial charge on any atom is -0.507 e. The average Bonchev–Trinajstić information content (AvgIpc) is 3.22. The van der Waals surface area contributed by atoms with Crippen molar-refractivity contribution in [1.82, 2.24) is 25.7 Å². The molecule has 8 rings (SSSR count). The van der Waals surface area contributed by atoms with Gasteiger partial charge in [-0.25, -0.2) is 0 Å². The predicted octanol–water partition coefficient (Wildman–Crippen LogP) is 6.18. The fourth-order valence-electron chi connectivity index (χ4n) is 9.75. The summed E-state index contributed by atoms with van der Waals surface area (Å²) in [5, 5.41) is 25.0. The second-order valence-corrected chi connectivity index (χ2v) is 17.2. The molecule has 11 heteroatoms. The Labute approximate surface area is 335 Å². The number of hydrogen-bond donors (Lipinski definition) is 3. The number of aromatic nitrogens is 2. The lowest BCUT2D eigenvalue weighted by molar-refractivity contribution is -0.134. The van der Waals surface area contributed by atoms with E-state index in [1.807, 2.05) is 48.5 Å². The van der Waals surface area contributed by atoms with Gasteiger partial charge in [0.25, 0.3) is 0 Å². The van der Waals surface area contributed by atoms with E-state index in [9.17, 15) is 19.5 Å². The standard InChI is InChI=1S/C46H55N7O4/c1-45(2)29-35(20-25-53(45)31-32-18-23-51(24-19-32)36-14-12-33(13-15-36)38-16-17-42(55)49-43(38)56)48-44(57)46(34-8-4-3-5-9-34)21-26-52(27-22-46)37-28-40(50-47-30-37)39-10-6-7-11-41(39)54/h3-15,28,30,32,35,38,54H,16-27,29,31H2,1-2H3,(H,48,57)(H,49,55,56)/t35?,38-/m1/s1. The molecule has 4 aliphatic rings. The van der Waals surface area contributed by atoms with Gasteiger partial charge >= 0.3 is 0 Å². The van der Waals surface area contributed by atoms with Crippen LogP contribution in [0.3, 0.4) is 0 Å². The Morgan fingerprint density at radius 3 is 2.25 bits per heavy atom. The van der Waals surface area contributed by atoms with Crippen molar-refractivity contribution in [2.45, 2.75) is 88.1 Å². The fourth-order valence-corrected chi connectivity index (χ4v) is 9.75. The summed E-state index contributed by atoms with van der Waals surface area (Å²) < 4.78 is 0. The van der Waals surface area contributed by atoms with Gasteiger partial charge in [0.05, 0.1) is 28.9 Å². The van der Waals surface area contributed by atoms with Crippen molar-refractivity contribution in [2.75, 3.05) is 49.1 Å². The van der Waals surface area contributed by atoms with E-state index in [0.29, 0.717) is 55.9 Å². The fraction of sp³-hybridized carbons (Fsp3) is 0.457. The zero-order valence-corrected chi connectivity index (χ0v) is 33.2. The minimum absolute atomic E-state index is 0.0400. The molecular weight excluding hydrogens is 715 g/mol. The number of imide groups is 1. The number of nitrogens with zero attached hydrogens (tertiary/aromatic N) is 5. The number of piperidine rings is 4. The number of rotatable bonds is 9. The highest BCUT2D eigenvalue weighted by Crippen LogP contribution is 2.40. The molecule has 0 aliphatic carbocycles. The molecule has 0 radical (unpaired) electrons. The molecule has 3 aromatic carbocycles. The van der Waals surface area contributed by atoms with Crippen molar-refractivity contribution in [2.24, 2.45) is 5.92 Å². The molecule has 4 saturated heterocycles. The molecule has 5 heterocycles. The maximum Gasteiger partial charge on any atom is 0.234 e. The van der Waals surface area contributed by atoms with Crippen LogP contribution in [-0.4, -0.2) is 88.8 Å². The topological polar surface area (TPSA) is 131 Å². The number of anilines is 2. The molecule has 57 heavy (non-hydrogen) atoms. The van der Waals surface area contributed by atoms with E-state index in [0.717, 1.165) is 68.7 Å². The van der Waals surface area contributed by atoms with Gasteiger partial charge in [0.1, 0.15) is 5.75 Å². The van der Waals surface area contributed by atoms with Gasteiger partial charge in [-0.2, -0.15) is 10.2 Å². The Hall–Kier alpha value is -5.29. The molecular formula is C46H55N7O4. The van der Waals surface area contributed by atoms with Crippen molar-refractivity contribution < 1.29 is 19.5 Å². The lowest BCUT2D eigenvalue weighted by Crippen LogP contribution is -2.59. The molecule has 0 saturated carbocycles. The molecule has 4 fully saturated rings. The predicted molar refractivity (Wildman–Crippen MR) is 222 cm³/mol. The summed E-state index contributed by atoms with van der Waals surface area (Å²) in [6, 6.07) is 27.9. The van der Waals surface area contributed by atoms with Crippen molar-refractivity contribution >= 4 is 29.1 Å². The molecule has 3 amide bonds. The van der Waals surface area contributed by atoms with Gasteiger partial charge in [0, 0.05) is 68.5 Å². The molecule has 4 aliphatic heterocycles. The van der Waals surface area contributed by atoms with Gasteiger partial charge < -0.3 is 20.2 Å². The smallest absolute Gasteiger partial charge is 0.234 e. The van der Waals surface area contributed by atoms with Crippen LogP contribution >= 0.6 is 0 Å². The number of phenolic OH excluding ortho intramolecular Hbond substituents is 1. The van der Waals surface area contributed by atoms with Crippen LogP contribution in [0.5, 0.6) is 5.75 Å². The molecule has 2 atom stereocenters. The Morgan fingerprint density at radius 2 is 1.54 bits per heavy atom. The highest BCUT2D eigenvalue weighted by molar-refractivity contribution is 6.01. The number of likely N-dealkylation sites (tertiary alicyclic amines) is 1. The number of hydrogen-bond acceptors (Lipinski definition) is 9. The molecule has 298 valence electrons. The van der Waals surface area contributed by atoms with E-state index in [1.54, 1.807) is 18.3 Å². The zero-order chi connectivity index (χ0) is 39.6. The van der Waals surface area contributed by atoms with Crippen LogP contribution in [0.2, 0.25) is 0 Å². The third-order valence-electron chi connectivity index (χ3n) is 13.2. The van der Waals surface area contributed by atoms with Gasteiger partial charge in [0.15, 0.2) is 0 Å². The molecule has 1 unspecified atom stereocenters. The maximum atomic E-state index is 14.6. The first-order chi connectivity index (χ1) is 27.6. The van der Waals surface area contributed by atoms with Crippen LogP contribution in [0.15, 0.2) is 91.1 Å². The van der Waals surface area contributed by atoms with Crippen LogP contribution in [-0.2, 0) is 19.8 Å². The number of benzene rings is 3. The Bertz CT molecular complexity index is 2060. The zero-order valence-electron chi connectivity index (χ0n) is 33.2. The van der Waals surface area contributed by atoms with Gasteiger partial charge in [0.2, 0.25) is 17.7 Å². The number of nitrogens with one attached hydrogen (secondary N) is 2. The van der Waals surface area contributed by atoms with Crippen LogP contribution in [0.25, 0.3) is 11.3 Å². The monoisotopic (exact) mass is 769 g/mol. The second-order valence-electron chi connectivity index (χ2n) is 17.2. The van der Waals surface area contributed by atoms with E-state index in [-0.39, 0.29) is 41.0 Å². The van der Waals surface area contributed by atoms with Crippen molar-refractivity contribution in [1.29, 1.82) is 0 Å². The molecule has 3 N–H and O–H groups in total. The van der Waals surface area contributed by atoms with E-state index in [2.05, 4.69) is 73.6 Å². The van der Waals surface area contributed by atoms with Gasteiger partial charge in [-0.1, -0.05) is 54.6 Å². The highest BCUT2D eigenvalue weighted by Gasteiger charge is 2.45. The summed E-state index contributed by atoms with van der Waals surface area (Å²) in [6.07, 6.45) is 8.19. The molecule has 0 bridgehead atoms. The normalized spacial score (nSPS) is 22.8. The molecule has 0 spiro atoms. The van der Waals surface area contributed by atoms with Crippen molar-refractivity contribution in [3.05, 3.63) is 102 Å². The summed E-state index contributed by atoms with van der Waals surface area (Å²) in [6.45, 7) is 10.1. The van der Waals surface area contributed by atoms with E-state index in [4.69, 9.17) is 0 Å². The molecule has 11 nitrogen and oxygen atoms in total. The first-order valence-electron chi connectivity index (χ1n) is 20.7. The number of para-hydroxylation sites is 1. The number of carbonyl (C=O) groups excluding carboxylic acids is 3. The van der Waals surface area contributed by atoms with Crippen LogP contribution < -0.4 is 20.4 Å². The first kappa shape index (κ1) is 38.6. The Morgan fingerprint density at radius 1 is 0.842 bits per heavy atom. The van der Waals surface area contributed by atoms with E-state index in [1.165, 1.54) is 5.69 Å². The van der Waals surface area contributed by atoms with E-state index < -0.39 is 5.41 Å².